The molecule has 7 nitrogen and oxygen atoms in total. The van der Waals surface area contributed by atoms with Gasteiger partial charge >= 0.3 is 5.97 Å². The number of Topliss-reactive ketones (excluding diaryl/α,β-unsaturated/α-hetero) is 1. The monoisotopic (exact) mass is 528 g/mol. The maximum atomic E-state index is 13.1. The lowest BCUT2D eigenvalue weighted by Crippen LogP contribution is -2.42. The van der Waals surface area contributed by atoms with Gasteiger partial charge < -0.3 is 9.30 Å². The molecule has 2 atom stereocenters. The van der Waals surface area contributed by atoms with Crippen LogP contribution >= 0.6 is 11.3 Å². The molecule has 0 N–H and O–H groups in total. The van der Waals surface area contributed by atoms with Crippen molar-refractivity contribution < 1.29 is 22.7 Å². The SMILES string of the molecule is Cc1cc(C(=O)COC(=O)c2ccc(S(=O)(=O)N3C[C@H](C)C[C@@H](C)C3)cc2)c(C)n1Cc1cccs1. The predicted octanol–water partition coefficient (Wildman–Crippen LogP) is 4.92. The summed E-state index contributed by atoms with van der Waals surface area (Å²) in [4.78, 5) is 26.7. The molecular formula is C27H32N2O5S2. The van der Waals surface area contributed by atoms with Gasteiger partial charge in [-0.05, 0) is 73.9 Å². The van der Waals surface area contributed by atoms with Crippen molar-refractivity contribution in [3.05, 3.63) is 75.2 Å². The molecule has 0 bridgehead atoms. The zero-order valence-corrected chi connectivity index (χ0v) is 22.7. The molecule has 9 heteroatoms. The minimum atomic E-state index is -3.63. The zero-order valence-electron chi connectivity index (χ0n) is 21.1. The first-order valence-corrected chi connectivity index (χ1v) is 14.4. The number of ether oxygens (including phenoxy) is 1. The minimum absolute atomic E-state index is 0.148. The van der Waals surface area contributed by atoms with Crippen LogP contribution in [0, 0.1) is 25.7 Å². The fraction of sp³-hybridized carbons (Fsp3) is 0.407. The second-order valence-corrected chi connectivity index (χ2v) is 12.7. The molecule has 4 rings (SSSR count). The number of nitrogens with zero attached hydrogens (tertiary/aromatic N) is 2. The molecule has 1 aliphatic rings. The van der Waals surface area contributed by atoms with Gasteiger partial charge in [0.2, 0.25) is 15.8 Å². The standard InChI is InChI=1S/C27H32N2O5S2/c1-18-12-19(2)15-28(14-18)36(32,33)24-9-7-22(8-10-24)27(31)34-17-26(30)25-13-20(3)29(21(25)4)16-23-6-5-11-35-23/h5-11,13,18-19H,12,14-17H2,1-4H3/t18-,19-/m1/s1. The quantitative estimate of drug-likeness (QED) is 0.306. The van der Waals surface area contributed by atoms with Gasteiger partial charge in [-0.25, -0.2) is 13.2 Å². The second-order valence-electron chi connectivity index (χ2n) is 9.74. The third-order valence-corrected chi connectivity index (χ3v) is 9.37. The molecule has 1 aliphatic heterocycles. The van der Waals surface area contributed by atoms with E-state index in [0.717, 1.165) is 17.8 Å². The van der Waals surface area contributed by atoms with Crippen LogP contribution in [0.25, 0.3) is 0 Å². The lowest BCUT2D eigenvalue weighted by atomic mass is 9.94. The lowest BCUT2D eigenvalue weighted by Gasteiger charge is -2.34. The van der Waals surface area contributed by atoms with Crippen LogP contribution in [0.4, 0.5) is 0 Å². The summed E-state index contributed by atoms with van der Waals surface area (Å²) < 4.78 is 35.0. The molecule has 3 heterocycles. The van der Waals surface area contributed by atoms with Gasteiger partial charge in [0.05, 0.1) is 17.0 Å². The summed E-state index contributed by atoms with van der Waals surface area (Å²) in [5.41, 5.74) is 2.52. The van der Waals surface area contributed by atoms with Crippen LogP contribution in [0.15, 0.2) is 52.7 Å². The molecule has 0 radical (unpaired) electrons. The Hall–Kier alpha value is -2.75. The van der Waals surface area contributed by atoms with Gasteiger partial charge in [0.25, 0.3) is 0 Å². The Balaban J connectivity index is 1.39. The summed E-state index contributed by atoms with van der Waals surface area (Å²) in [6.07, 6.45) is 1.01. The number of hydrogen-bond acceptors (Lipinski definition) is 6. The topological polar surface area (TPSA) is 85.7 Å². The molecule has 0 aliphatic carbocycles. The van der Waals surface area contributed by atoms with Crippen LogP contribution in [0.5, 0.6) is 0 Å². The summed E-state index contributed by atoms with van der Waals surface area (Å²) >= 11 is 1.66. The van der Waals surface area contributed by atoms with Gasteiger partial charge in [-0.15, -0.1) is 11.3 Å². The largest absolute Gasteiger partial charge is 0.454 e. The summed E-state index contributed by atoms with van der Waals surface area (Å²) in [6, 6.07) is 11.6. The van der Waals surface area contributed by atoms with E-state index >= 15 is 0 Å². The normalized spacial score (nSPS) is 18.8. The Labute approximate surface area is 216 Å². The van der Waals surface area contributed by atoms with Crippen molar-refractivity contribution in [2.45, 2.75) is 45.6 Å². The number of aromatic nitrogens is 1. The summed E-state index contributed by atoms with van der Waals surface area (Å²) in [7, 11) is -3.63. The van der Waals surface area contributed by atoms with Crippen LogP contribution < -0.4 is 0 Å². The van der Waals surface area contributed by atoms with E-state index in [1.165, 1.54) is 33.4 Å². The minimum Gasteiger partial charge on any atom is -0.454 e. The van der Waals surface area contributed by atoms with E-state index in [4.69, 9.17) is 4.74 Å². The molecule has 0 spiro atoms. The lowest BCUT2D eigenvalue weighted by molar-refractivity contribution is 0.0474. The Morgan fingerprint density at radius 3 is 2.33 bits per heavy atom. The fourth-order valence-electron chi connectivity index (χ4n) is 4.89. The molecule has 0 unspecified atom stereocenters. The highest BCUT2D eigenvalue weighted by Gasteiger charge is 2.31. The van der Waals surface area contributed by atoms with E-state index in [-0.39, 0.29) is 22.8 Å². The van der Waals surface area contributed by atoms with Gasteiger partial charge in [0.15, 0.2) is 6.61 Å². The average Bonchev–Trinajstić information content (AvgIpc) is 3.45. The van der Waals surface area contributed by atoms with Crippen LogP contribution in [-0.4, -0.2) is 48.7 Å². The third-order valence-electron chi connectivity index (χ3n) is 6.67. The molecule has 0 saturated carbocycles. The number of piperidine rings is 1. The molecule has 0 amide bonds. The number of carbonyl (C=O) groups excluding carboxylic acids is 2. The van der Waals surface area contributed by atoms with Crippen molar-refractivity contribution in [2.24, 2.45) is 11.8 Å². The first-order valence-electron chi connectivity index (χ1n) is 12.1. The van der Waals surface area contributed by atoms with Gasteiger partial charge in [-0.3, -0.25) is 4.79 Å². The molecule has 192 valence electrons. The molecule has 1 aromatic carbocycles. The number of aryl methyl sites for hydroxylation is 1. The van der Waals surface area contributed by atoms with Gasteiger partial charge in [0.1, 0.15) is 0 Å². The predicted molar refractivity (Wildman–Crippen MR) is 140 cm³/mol. The van der Waals surface area contributed by atoms with Gasteiger partial charge in [-0.1, -0.05) is 19.9 Å². The molecule has 3 aromatic rings. The zero-order chi connectivity index (χ0) is 26.0. The molecule has 1 saturated heterocycles. The number of rotatable bonds is 8. The summed E-state index contributed by atoms with van der Waals surface area (Å²) in [5, 5.41) is 2.02. The average molecular weight is 529 g/mol. The maximum Gasteiger partial charge on any atom is 0.338 e. The van der Waals surface area contributed by atoms with Crippen LogP contribution in [-0.2, 0) is 21.3 Å². The molecule has 36 heavy (non-hydrogen) atoms. The number of hydrogen-bond donors (Lipinski definition) is 0. The first-order chi connectivity index (χ1) is 17.1. The number of esters is 1. The van der Waals surface area contributed by atoms with Gasteiger partial charge in [-0.2, -0.15) is 4.31 Å². The van der Waals surface area contributed by atoms with Gasteiger partial charge in [0, 0.05) is 34.9 Å². The van der Waals surface area contributed by atoms with Crippen molar-refractivity contribution in [3.8, 4) is 0 Å². The second kappa shape index (κ2) is 10.7. The highest BCUT2D eigenvalue weighted by Crippen LogP contribution is 2.27. The Bertz CT molecular complexity index is 1330. The van der Waals surface area contributed by atoms with Crippen molar-refractivity contribution >= 4 is 33.1 Å². The first kappa shape index (κ1) is 26.3. The number of carbonyl (C=O) groups is 2. The maximum absolute atomic E-state index is 13.1. The van der Waals surface area contributed by atoms with Crippen LogP contribution in [0.1, 0.15) is 57.2 Å². The third kappa shape index (κ3) is 5.63. The van der Waals surface area contributed by atoms with Crippen LogP contribution in [0.3, 0.4) is 0 Å². The van der Waals surface area contributed by atoms with E-state index in [0.29, 0.717) is 37.0 Å². The van der Waals surface area contributed by atoms with E-state index < -0.39 is 16.0 Å². The Kier molecular flexibility index (Phi) is 7.82. The number of thiophene rings is 1. The van der Waals surface area contributed by atoms with E-state index in [1.54, 1.807) is 11.3 Å². The molecular weight excluding hydrogens is 496 g/mol. The highest BCUT2D eigenvalue weighted by atomic mass is 32.2. The number of ketones is 1. The van der Waals surface area contributed by atoms with Crippen LogP contribution in [0.2, 0.25) is 0 Å². The van der Waals surface area contributed by atoms with E-state index in [1.807, 2.05) is 31.4 Å². The Morgan fingerprint density at radius 1 is 1.06 bits per heavy atom. The number of benzene rings is 1. The summed E-state index contributed by atoms with van der Waals surface area (Å²) in [5.74, 6) is -0.341. The van der Waals surface area contributed by atoms with Crippen molar-refractivity contribution in [1.82, 2.24) is 8.87 Å². The fourth-order valence-corrected chi connectivity index (χ4v) is 7.26. The highest BCUT2D eigenvalue weighted by molar-refractivity contribution is 7.89. The van der Waals surface area contributed by atoms with Crippen molar-refractivity contribution in [1.29, 1.82) is 0 Å². The smallest absolute Gasteiger partial charge is 0.338 e. The molecule has 1 fully saturated rings. The Morgan fingerprint density at radius 2 is 1.72 bits per heavy atom. The van der Waals surface area contributed by atoms with Crippen molar-refractivity contribution in [3.63, 3.8) is 0 Å². The van der Waals surface area contributed by atoms with E-state index in [9.17, 15) is 18.0 Å². The summed E-state index contributed by atoms with van der Waals surface area (Å²) in [6.45, 7) is 9.24. The van der Waals surface area contributed by atoms with E-state index in [2.05, 4.69) is 24.5 Å². The number of sulfonamides is 1. The van der Waals surface area contributed by atoms with Crippen molar-refractivity contribution in [2.75, 3.05) is 19.7 Å². The molecule has 2 aromatic heterocycles.